The van der Waals surface area contributed by atoms with Crippen LogP contribution in [0.3, 0.4) is 0 Å². The van der Waals surface area contributed by atoms with Crippen LogP contribution in [0, 0.1) is 6.92 Å². The fraction of sp³-hybridized carbons (Fsp3) is 0.571. The van der Waals surface area contributed by atoms with Crippen LogP contribution in [-0.4, -0.2) is 31.0 Å². The Balaban J connectivity index is 2.01. The van der Waals surface area contributed by atoms with Gasteiger partial charge in [-0.05, 0) is 49.5 Å². The van der Waals surface area contributed by atoms with E-state index in [1.54, 1.807) is 6.33 Å². The number of rotatable bonds is 9. The van der Waals surface area contributed by atoms with E-state index in [0.29, 0.717) is 13.2 Å². The molecule has 0 aliphatic carbocycles. The van der Waals surface area contributed by atoms with Gasteiger partial charge in [0.2, 0.25) is 0 Å². The average molecular weight is 409 g/mol. The van der Waals surface area contributed by atoms with Gasteiger partial charge in [-0.1, -0.05) is 50.6 Å². The Morgan fingerprint density at radius 3 is 2.52 bits per heavy atom. The molecule has 0 spiro atoms. The average Bonchev–Trinajstić information content (AvgIpc) is 2.99. The summed E-state index contributed by atoms with van der Waals surface area (Å²) < 4.78 is 12.7. The summed E-state index contributed by atoms with van der Waals surface area (Å²) in [5, 5.41) is 0.920. The molecule has 0 fully saturated rings. The molecule has 0 saturated carbocycles. The molecule has 1 aromatic carbocycles. The van der Waals surface area contributed by atoms with Gasteiger partial charge in [0.25, 0.3) is 0 Å². The second kappa shape index (κ2) is 9.37. The summed E-state index contributed by atoms with van der Waals surface area (Å²) in [6, 6.07) is 7.82. The van der Waals surface area contributed by atoms with E-state index in [4.69, 9.17) is 20.8 Å². The van der Waals surface area contributed by atoms with Gasteiger partial charge in [0.15, 0.2) is 8.32 Å². The molecule has 0 aliphatic heterocycles. The van der Waals surface area contributed by atoms with Crippen LogP contribution in [-0.2, 0) is 22.2 Å². The van der Waals surface area contributed by atoms with Crippen LogP contribution >= 0.6 is 11.6 Å². The molecule has 0 amide bonds. The zero-order valence-electron chi connectivity index (χ0n) is 17.4. The highest BCUT2D eigenvalue weighted by molar-refractivity contribution is 6.74. The van der Waals surface area contributed by atoms with E-state index >= 15 is 0 Å². The Bertz CT molecular complexity index is 725. The van der Waals surface area contributed by atoms with E-state index in [2.05, 4.69) is 43.8 Å². The van der Waals surface area contributed by atoms with Gasteiger partial charge < -0.3 is 14.1 Å². The minimum Gasteiger partial charge on any atom is -0.414 e. The van der Waals surface area contributed by atoms with E-state index in [9.17, 15) is 0 Å². The summed E-state index contributed by atoms with van der Waals surface area (Å²) >= 11 is 6.28. The molecule has 27 heavy (non-hydrogen) atoms. The zero-order chi connectivity index (χ0) is 20.1. The number of nitrogens with one attached hydrogen (secondary N) is 1. The summed E-state index contributed by atoms with van der Waals surface area (Å²) in [5.41, 5.74) is 3.21. The number of imidazole rings is 1. The van der Waals surface area contributed by atoms with Crippen LogP contribution in [0.4, 0.5) is 0 Å². The van der Waals surface area contributed by atoms with Crippen LogP contribution in [0.1, 0.15) is 44.1 Å². The third-order valence-electron chi connectivity index (χ3n) is 5.51. The van der Waals surface area contributed by atoms with E-state index in [0.717, 1.165) is 34.8 Å². The highest BCUT2D eigenvalue weighted by atomic mass is 35.5. The third-order valence-corrected chi connectivity index (χ3v) is 10.4. The van der Waals surface area contributed by atoms with Crippen molar-refractivity contribution in [3.8, 4) is 0 Å². The van der Waals surface area contributed by atoms with Crippen LogP contribution < -0.4 is 0 Å². The van der Waals surface area contributed by atoms with Gasteiger partial charge >= 0.3 is 0 Å². The van der Waals surface area contributed by atoms with Crippen LogP contribution in [0.15, 0.2) is 30.6 Å². The highest BCUT2D eigenvalue weighted by Crippen LogP contribution is 2.36. The molecule has 1 unspecified atom stereocenters. The molecule has 4 nitrogen and oxygen atoms in total. The molecular formula is C21H33ClN2O2Si. The van der Waals surface area contributed by atoms with Gasteiger partial charge in [-0.2, -0.15) is 0 Å². The first-order valence-electron chi connectivity index (χ1n) is 9.58. The Hall–Kier alpha value is -1.14. The van der Waals surface area contributed by atoms with Gasteiger partial charge in [-0.3, -0.25) is 0 Å². The van der Waals surface area contributed by atoms with Crippen molar-refractivity contribution < 1.29 is 9.16 Å². The number of aromatic amines is 1. The summed E-state index contributed by atoms with van der Waals surface area (Å²) in [6.45, 7) is 14.5. The van der Waals surface area contributed by atoms with Crippen molar-refractivity contribution in [1.29, 1.82) is 0 Å². The minimum atomic E-state index is -1.82. The predicted molar refractivity (Wildman–Crippen MR) is 115 cm³/mol. The van der Waals surface area contributed by atoms with Crippen molar-refractivity contribution >= 4 is 19.9 Å². The summed E-state index contributed by atoms with van der Waals surface area (Å²) in [4.78, 5) is 7.54. The Morgan fingerprint density at radius 1 is 1.22 bits per heavy atom. The van der Waals surface area contributed by atoms with Crippen molar-refractivity contribution in [2.45, 2.75) is 71.4 Å². The maximum Gasteiger partial charge on any atom is 0.192 e. The van der Waals surface area contributed by atoms with E-state index in [1.807, 2.05) is 31.2 Å². The van der Waals surface area contributed by atoms with Gasteiger partial charge in [0, 0.05) is 10.7 Å². The van der Waals surface area contributed by atoms with Crippen LogP contribution in [0.2, 0.25) is 23.2 Å². The van der Waals surface area contributed by atoms with E-state index < -0.39 is 8.32 Å². The number of halogens is 1. The fourth-order valence-corrected chi connectivity index (χ4v) is 3.72. The highest BCUT2D eigenvalue weighted by Gasteiger charge is 2.37. The second-order valence-corrected chi connectivity index (χ2v) is 13.8. The summed E-state index contributed by atoms with van der Waals surface area (Å²) in [6.07, 6.45) is 3.48. The van der Waals surface area contributed by atoms with Gasteiger partial charge in [-0.25, -0.2) is 4.98 Å². The van der Waals surface area contributed by atoms with E-state index in [1.165, 1.54) is 0 Å². The number of hydrogen-bond donors (Lipinski definition) is 1. The van der Waals surface area contributed by atoms with E-state index in [-0.39, 0.29) is 11.1 Å². The lowest BCUT2D eigenvalue weighted by Gasteiger charge is -2.37. The maximum atomic E-state index is 6.43. The standard InChI is InChI=1S/C21H33ClN2O2Si/c1-16-20(24-15-23-16)12-11-18(14-26-27(5,6)21(2,3)4)25-13-17-9-7-8-10-19(17)22/h7-10,15,18H,11-14H2,1-6H3,(H,23,24). The molecular weight excluding hydrogens is 376 g/mol. The largest absolute Gasteiger partial charge is 0.414 e. The predicted octanol–water partition coefficient (Wildman–Crippen LogP) is 5.91. The Labute approximate surface area is 169 Å². The van der Waals surface area contributed by atoms with Gasteiger partial charge in [0.1, 0.15) is 0 Å². The molecule has 1 aromatic heterocycles. The zero-order valence-corrected chi connectivity index (χ0v) is 19.2. The number of aromatic nitrogens is 2. The fourth-order valence-electron chi connectivity index (χ4n) is 2.49. The quantitative estimate of drug-likeness (QED) is 0.524. The lowest BCUT2D eigenvalue weighted by Crippen LogP contribution is -2.43. The number of aryl methyl sites for hydroxylation is 2. The lowest BCUT2D eigenvalue weighted by molar-refractivity contribution is 0.00136. The number of nitrogens with zero attached hydrogens (tertiary/aromatic N) is 1. The normalized spacial score (nSPS) is 13.7. The monoisotopic (exact) mass is 408 g/mol. The maximum absolute atomic E-state index is 6.43. The topological polar surface area (TPSA) is 47.1 Å². The Kier molecular flexibility index (Phi) is 7.69. The molecule has 2 rings (SSSR count). The minimum absolute atomic E-state index is 0.00602. The number of hydrogen-bond acceptors (Lipinski definition) is 3. The molecule has 1 atom stereocenters. The molecule has 1 heterocycles. The third kappa shape index (κ3) is 6.45. The summed E-state index contributed by atoms with van der Waals surface area (Å²) in [5.74, 6) is 0. The lowest BCUT2D eigenvalue weighted by atomic mass is 10.1. The second-order valence-electron chi connectivity index (χ2n) is 8.61. The van der Waals surface area contributed by atoms with Crippen LogP contribution in [0.5, 0.6) is 0 Å². The van der Waals surface area contributed by atoms with Crippen molar-refractivity contribution in [3.63, 3.8) is 0 Å². The summed E-state index contributed by atoms with van der Waals surface area (Å²) in [7, 11) is -1.82. The van der Waals surface area contributed by atoms with Crippen molar-refractivity contribution in [1.82, 2.24) is 9.97 Å². The Morgan fingerprint density at radius 2 is 1.93 bits per heavy atom. The smallest absolute Gasteiger partial charge is 0.192 e. The molecule has 6 heteroatoms. The molecule has 2 aromatic rings. The van der Waals surface area contributed by atoms with Crippen LogP contribution in [0.25, 0.3) is 0 Å². The number of benzene rings is 1. The first kappa shape index (κ1) is 22.1. The number of ether oxygens (including phenoxy) is 1. The molecule has 0 aliphatic rings. The first-order valence-corrected chi connectivity index (χ1v) is 12.9. The van der Waals surface area contributed by atoms with Crippen molar-refractivity contribution in [2.75, 3.05) is 6.61 Å². The SMILES string of the molecule is Cc1[nH]cnc1CCC(CO[Si](C)(C)C(C)(C)C)OCc1ccccc1Cl. The molecule has 150 valence electrons. The molecule has 0 saturated heterocycles. The van der Waals surface area contributed by atoms with Crippen molar-refractivity contribution in [3.05, 3.63) is 52.6 Å². The molecule has 0 bridgehead atoms. The number of H-pyrrole nitrogens is 1. The first-order chi connectivity index (χ1) is 12.6. The molecule has 0 radical (unpaired) electrons. The van der Waals surface area contributed by atoms with Gasteiger partial charge in [0.05, 0.1) is 31.3 Å². The molecule has 1 N–H and O–H groups in total. The van der Waals surface area contributed by atoms with Gasteiger partial charge in [-0.15, -0.1) is 0 Å². The van der Waals surface area contributed by atoms with Crippen molar-refractivity contribution in [2.24, 2.45) is 0 Å².